The van der Waals surface area contributed by atoms with Gasteiger partial charge in [0.1, 0.15) is 11.8 Å². The highest BCUT2D eigenvalue weighted by atomic mass is 16.5. The maximum atomic E-state index is 12.5. The molecule has 8 nitrogen and oxygen atoms in total. The molecule has 1 N–H and O–H groups in total. The molecule has 0 aliphatic carbocycles. The topological polar surface area (TPSA) is 95.1 Å². The van der Waals surface area contributed by atoms with E-state index < -0.39 is 6.04 Å². The third-order valence-corrected chi connectivity index (χ3v) is 4.15. The van der Waals surface area contributed by atoms with Gasteiger partial charge in [0.15, 0.2) is 0 Å². The quantitative estimate of drug-likeness (QED) is 0.687. The van der Waals surface area contributed by atoms with Gasteiger partial charge in [0, 0.05) is 18.3 Å². The summed E-state index contributed by atoms with van der Waals surface area (Å²) in [5.41, 5.74) is 2.05. The molecule has 1 unspecified atom stereocenters. The molecule has 0 bridgehead atoms. The van der Waals surface area contributed by atoms with Crippen molar-refractivity contribution >= 4 is 5.91 Å². The average molecular weight is 369 g/mol. The summed E-state index contributed by atoms with van der Waals surface area (Å²) in [7, 11) is 1.61. The number of rotatable bonds is 7. The lowest BCUT2D eigenvalue weighted by Crippen LogP contribution is -2.27. The van der Waals surface area contributed by atoms with E-state index in [9.17, 15) is 4.79 Å². The first-order valence-electron chi connectivity index (χ1n) is 8.84. The minimum absolute atomic E-state index is 0.216. The number of carbonyl (C=O) groups excluding carboxylic acids is 1. The Bertz CT molecular complexity index is 914. The second-order valence-electron chi connectivity index (χ2n) is 6.27. The Kier molecular flexibility index (Phi) is 5.54. The molecule has 2 heterocycles. The van der Waals surface area contributed by atoms with Gasteiger partial charge in [-0.15, -0.1) is 0 Å². The lowest BCUT2D eigenvalue weighted by Gasteiger charge is -2.08. The first kappa shape index (κ1) is 18.6. The molecule has 8 heteroatoms. The van der Waals surface area contributed by atoms with Gasteiger partial charge < -0.3 is 14.6 Å². The molecule has 0 spiro atoms. The summed E-state index contributed by atoms with van der Waals surface area (Å²) in [6, 6.07) is 6.93. The minimum atomic E-state index is -0.425. The Labute approximate surface area is 157 Å². The van der Waals surface area contributed by atoms with E-state index >= 15 is 0 Å². The molecule has 0 aliphatic rings. The van der Waals surface area contributed by atoms with Crippen molar-refractivity contribution in [2.75, 3.05) is 7.11 Å². The molecule has 0 aliphatic heterocycles. The number of amides is 1. The summed E-state index contributed by atoms with van der Waals surface area (Å²) in [5.74, 6) is 1.34. The van der Waals surface area contributed by atoms with Crippen LogP contribution in [0.1, 0.15) is 48.3 Å². The number of ether oxygens (including phenoxy) is 1. The van der Waals surface area contributed by atoms with Crippen molar-refractivity contribution in [3.8, 4) is 17.1 Å². The highest BCUT2D eigenvalue weighted by Crippen LogP contribution is 2.21. The van der Waals surface area contributed by atoms with E-state index in [0.29, 0.717) is 23.0 Å². The van der Waals surface area contributed by atoms with Crippen LogP contribution in [0.15, 0.2) is 35.0 Å². The normalized spacial score (nSPS) is 12.0. The number of carbonyl (C=O) groups is 1. The predicted molar refractivity (Wildman–Crippen MR) is 99.4 cm³/mol. The Morgan fingerprint density at radius 3 is 2.74 bits per heavy atom. The predicted octanol–water partition coefficient (Wildman–Crippen LogP) is 3.15. The molecule has 3 rings (SSSR count). The van der Waals surface area contributed by atoms with Gasteiger partial charge in [0.25, 0.3) is 5.91 Å². The standard InChI is InChI=1S/C19H23N5O3/c1-5-10-24-11-16(12(2)22-24)18(25)20-13(3)19-21-17(23-27-19)14-6-8-15(26-4)9-7-14/h6-9,11,13H,5,10H2,1-4H3,(H,20,25). The molecule has 142 valence electrons. The van der Waals surface area contributed by atoms with Crippen LogP contribution in [-0.4, -0.2) is 32.9 Å². The van der Waals surface area contributed by atoms with Gasteiger partial charge in [-0.3, -0.25) is 9.48 Å². The fourth-order valence-corrected chi connectivity index (χ4v) is 2.69. The van der Waals surface area contributed by atoms with E-state index in [1.165, 1.54) is 0 Å². The fourth-order valence-electron chi connectivity index (χ4n) is 2.69. The maximum Gasteiger partial charge on any atom is 0.255 e. The van der Waals surface area contributed by atoms with Gasteiger partial charge >= 0.3 is 0 Å². The third-order valence-electron chi connectivity index (χ3n) is 4.15. The van der Waals surface area contributed by atoms with Crippen molar-refractivity contribution in [2.24, 2.45) is 0 Å². The molecular formula is C19H23N5O3. The van der Waals surface area contributed by atoms with Crippen LogP contribution in [0.2, 0.25) is 0 Å². The highest BCUT2D eigenvalue weighted by Gasteiger charge is 2.20. The van der Waals surface area contributed by atoms with Crippen LogP contribution < -0.4 is 10.1 Å². The first-order valence-corrected chi connectivity index (χ1v) is 8.84. The number of aryl methyl sites for hydroxylation is 2. The number of hydrogen-bond donors (Lipinski definition) is 1. The van der Waals surface area contributed by atoms with Gasteiger partial charge in [-0.1, -0.05) is 12.1 Å². The number of benzene rings is 1. The van der Waals surface area contributed by atoms with E-state index in [-0.39, 0.29) is 5.91 Å². The van der Waals surface area contributed by atoms with E-state index in [4.69, 9.17) is 9.26 Å². The molecule has 1 amide bonds. The molecule has 0 saturated carbocycles. The summed E-state index contributed by atoms with van der Waals surface area (Å²) in [4.78, 5) is 16.9. The smallest absolute Gasteiger partial charge is 0.255 e. The number of nitrogens with zero attached hydrogens (tertiary/aromatic N) is 4. The van der Waals surface area contributed by atoms with Crippen molar-refractivity contribution in [1.29, 1.82) is 0 Å². The van der Waals surface area contributed by atoms with Crippen LogP contribution in [0.25, 0.3) is 11.4 Å². The summed E-state index contributed by atoms with van der Waals surface area (Å²) in [5, 5.41) is 11.2. The summed E-state index contributed by atoms with van der Waals surface area (Å²) in [6.07, 6.45) is 2.71. The Morgan fingerprint density at radius 2 is 2.07 bits per heavy atom. The zero-order chi connectivity index (χ0) is 19.4. The zero-order valence-corrected chi connectivity index (χ0v) is 15.9. The Morgan fingerprint density at radius 1 is 1.33 bits per heavy atom. The average Bonchev–Trinajstić information content (AvgIpc) is 3.29. The fraction of sp³-hybridized carbons (Fsp3) is 0.368. The minimum Gasteiger partial charge on any atom is -0.497 e. The van der Waals surface area contributed by atoms with E-state index in [0.717, 1.165) is 24.3 Å². The van der Waals surface area contributed by atoms with Crippen molar-refractivity contribution < 1.29 is 14.1 Å². The van der Waals surface area contributed by atoms with Crippen LogP contribution in [-0.2, 0) is 6.54 Å². The first-order chi connectivity index (χ1) is 13.0. The summed E-state index contributed by atoms with van der Waals surface area (Å²) in [6.45, 7) is 6.46. The Balaban J connectivity index is 1.70. The molecule has 0 radical (unpaired) electrons. The van der Waals surface area contributed by atoms with Crippen LogP contribution >= 0.6 is 0 Å². The van der Waals surface area contributed by atoms with Gasteiger partial charge in [-0.2, -0.15) is 10.1 Å². The van der Waals surface area contributed by atoms with Gasteiger partial charge in [-0.05, 0) is 44.5 Å². The molecule has 0 fully saturated rings. The van der Waals surface area contributed by atoms with Crippen LogP contribution in [0.3, 0.4) is 0 Å². The highest BCUT2D eigenvalue weighted by molar-refractivity contribution is 5.95. The molecular weight excluding hydrogens is 346 g/mol. The number of aromatic nitrogens is 4. The van der Waals surface area contributed by atoms with Crippen molar-refractivity contribution in [3.05, 3.63) is 47.6 Å². The molecule has 1 atom stereocenters. The van der Waals surface area contributed by atoms with Crippen molar-refractivity contribution in [3.63, 3.8) is 0 Å². The third kappa shape index (κ3) is 4.16. The number of nitrogens with one attached hydrogen (secondary N) is 1. The lowest BCUT2D eigenvalue weighted by atomic mass is 10.2. The number of methoxy groups -OCH3 is 1. The molecule has 2 aromatic heterocycles. The summed E-state index contributed by atoms with van der Waals surface area (Å²) >= 11 is 0. The molecule has 27 heavy (non-hydrogen) atoms. The van der Waals surface area contributed by atoms with Crippen LogP contribution in [0.5, 0.6) is 5.75 Å². The maximum absolute atomic E-state index is 12.5. The number of hydrogen-bond acceptors (Lipinski definition) is 6. The lowest BCUT2D eigenvalue weighted by molar-refractivity contribution is 0.0932. The van der Waals surface area contributed by atoms with Crippen molar-refractivity contribution in [1.82, 2.24) is 25.2 Å². The van der Waals surface area contributed by atoms with Gasteiger partial charge in [0.05, 0.1) is 18.4 Å². The zero-order valence-electron chi connectivity index (χ0n) is 15.9. The molecule has 0 saturated heterocycles. The van der Waals surface area contributed by atoms with E-state index in [2.05, 4.69) is 27.5 Å². The van der Waals surface area contributed by atoms with Crippen molar-refractivity contribution in [2.45, 2.75) is 39.8 Å². The SMILES string of the molecule is CCCn1cc(C(=O)NC(C)c2nc(-c3ccc(OC)cc3)no2)c(C)n1. The molecule has 3 aromatic rings. The van der Waals surface area contributed by atoms with Gasteiger partial charge in [0.2, 0.25) is 11.7 Å². The molecule has 1 aromatic carbocycles. The second kappa shape index (κ2) is 8.03. The Hall–Kier alpha value is -3.16. The van der Waals surface area contributed by atoms with E-state index in [1.54, 1.807) is 24.9 Å². The van der Waals surface area contributed by atoms with Gasteiger partial charge in [-0.25, -0.2) is 0 Å². The van der Waals surface area contributed by atoms with E-state index in [1.807, 2.05) is 31.2 Å². The van der Waals surface area contributed by atoms with Crippen LogP contribution in [0, 0.1) is 6.92 Å². The second-order valence-corrected chi connectivity index (χ2v) is 6.27. The monoisotopic (exact) mass is 369 g/mol. The van der Waals surface area contributed by atoms with Crippen LogP contribution in [0.4, 0.5) is 0 Å². The largest absolute Gasteiger partial charge is 0.497 e. The summed E-state index contributed by atoms with van der Waals surface area (Å²) < 4.78 is 12.2.